The van der Waals surface area contributed by atoms with Crippen molar-refractivity contribution in [2.24, 2.45) is 5.73 Å². The van der Waals surface area contributed by atoms with Crippen LogP contribution in [-0.2, 0) is 22.7 Å². The van der Waals surface area contributed by atoms with Crippen LogP contribution in [0.15, 0.2) is 10.9 Å². The number of pyridine rings is 2. The summed E-state index contributed by atoms with van der Waals surface area (Å²) < 4.78 is 6.91. The maximum absolute atomic E-state index is 13.1. The lowest BCUT2D eigenvalue weighted by atomic mass is 9.90. The van der Waals surface area contributed by atoms with E-state index >= 15 is 0 Å². The van der Waals surface area contributed by atoms with E-state index in [2.05, 4.69) is 18.1 Å². The molecule has 26 heavy (non-hydrogen) atoms. The molecule has 0 aromatic carbocycles. The van der Waals surface area contributed by atoms with Gasteiger partial charge in [-0.2, -0.15) is 0 Å². The van der Waals surface area contributed by atoms with Gasteiger partial charge in [0.2, 0.25) is 0 Å². The molecule has 0 bridgehead atoms. The van der Waals surface area contributed by atoms with E-state index in [4.69, 9.17) is 10.5 Å². The Morgan fingerprint density at radius 3 is 2.77 bits per heavy atom. The van der Waals surface area contributed by atoms with Crippen LogP contribution in [0.5, 0.6) is 0 Å². The molecule has 0 saturated carbocycles. The van der Waals surface area contributed by atoms with Crippen molar-refractivity contribution in [3.05, 3.63) is 49.2 Å². The quantitative estimate of drug-likeness (QED) is 0.686. The fourth-order valence-corrected chi connectivity index (χ4v) is 4.09. The fourth-order valence-electron chi connectivity index (χ4n) is 4.09. The molecule has 134 valence electrons. The minimum absolute atomic E-state index is 0.0227. The van der Waals surface area contributed by atoms with Crippen molar-refractivity contribution in [1.82, 2.24) is 9.55 Å². The van der Waals surface area contributed by atoms with Crippen molar-refractivity contribution in [3.8, 4) is 11.4 Å². The summed E-state index contributed by atoms with van der Waals surface area (Å²) in [5.74, 6) is -0.696. The van der Waals surface area contributed by atoms with Gasteiger partial charge in [-0.15, -0.1) is 0 Å². The molecule has 2 aliphatic heterocycles. The van der Waals surface area contributed by atoms with Gasteiger partial charge in [-0.25, -0.2) is 4.98 Å². The lowest BCUT2D eigenvalue weighted by Crippen LogP contribution is -2.34. The zero-order valence-electron chi connectivity index (χ0n) is 15.0. The Balaban J connectivity index is 2.04. The van der Waals surface area contributed by atoms with E-state index in [0.717, 1.165) is 16.7 Å². The predicted molar refractivity (Wildman–Crippen MR) is 98.8 cm³/mol. The van der Waals surface area contributed by atoms with Crippen molar-refractivity contribution in [1.29, 1.82) is 0 Å². The number of aromatic nitrogens is 2. The van der Waals surface area contributed by atoms with Crippen LogP contribution in [0, 0.1) is 0 Å². The first-order chi connectivity index (χ1) is 12.3. The summed E-state index contributed by atoms with van der Waals surface area (Å²) in [5.41, 5.74) is 10.6. The van der Waals surface area contributed by atoms with E-state index in [1.54, 1.807) is 4.57 Å². The number of fused-ring (bicyclic) bond motifs is 4. The molecule has 2 aliphatic rings. The van der Waals surface area contributed by atoms with Crippen LogP contribution in [0.1, 0.15) is 54.5 Å². The number of ether oxygens (including phenoxy) is 1. The maximum Gasteiger partial charge on any atom is 0.313 e. The highest BCUT2D eigenvalue weighted by molar-refractivity contribution is 5.81. The summed E-state index contributed by atoms with van der Waals surface area (Å²) in [6.07, 6.45) is 0.582. The molecule has 0 spiro atoms. The number of carbonyl (C=O) groups is 1. The van der Waals surface area contributed by atoms with Crippen molar-refractivity contribution >= 4 is 19.1 Å². The molecule has 0 fully saturated rings. The number of hydrogen-bond acceptors (Lipinski definition) is 5. The molecular formula is C20H21N3O3. The third-order valence-electron chi connectivity index (χ3n) is 5.41. The Hall–Kier alpha value is -2.73. The van der Waals surface area contributed by atoms with Gasteiger partial charge in [-0.1, -0.05) is 20.1 Å². The van der Waals surface area contributed by atoms with Gasteiger partial charge in [0.05, 0.1) is 34.8 Å². The van der Waals surface area contributed by atoms with Crippen LogP contribution in [0.25, 0.3) is 24.5 Å². The van der Waals surface area contributed by atoms with E-state index in [9.17, 15) is 9.59 Å². The van der Waals surface area contributed by atoms with Crippen LogP contribution >= 0.6 is 0 Å². The van der Waals surface area contributed by atoms with Gasteiger partial charge in [0.1, 0.15) is 6.61 Å². The Kier molecular flexibility index (Phi) is 3.63. The van der Waals surface area contributed by atoms with Crippen LogP contribution in [-0.4, -0.2) is 15.5 Å². The van der Waals surface area contributed by atoms with Crippen molar-refractivity contribution in [3.63, 3.8) is 0 Å². The molecular weight excluding hydrogens is 330 g/mol. The van der Waals surface area contributed by atoms with E-state index < -0.39 is 5.92 Å². The van der Waals surface area contributed by atoms with Gasteiger partial charge in [-0.05, 0) is 35.8 Å². The molecule has 0 saturated heterocycles. The van der Waals surface area contributed by atoms with Gasteiger partial charge >= 0.3 is 5.97 Å². The Bertz CT molecular complexity index is 1110. The number of carbonyl (C=O) groups excluding carboxylic acids is 1. The zero-order valence-corrected chi connectivity index (χ0v) is 15.0. The largest absolute Gasteiger partial charge is 0.460 e. The van der Waals surface area contributed by atoms with Crippen molar-refractivity contribution in [2.45, 2.75) is 45.4 Å². The Labute approximate surface area is 150 Å². The monoisotopic (exact) mass is 351 g/mol. The number of rotatable bonds is 2. The molecule has 6 nitrogen and oxygen atoms in total. The van der Waals surface area contributed by atoms with Crippen LogP contribution in [0.3, 0.4) is 0 Å². The number of nitrogens with two attached hydrogens (primary N) is 1. The topological polar surface area (TPSA) is 87.2 Å². The molecule has 2 unspecified atom stereocenters. The minimum atomic E-state index is -0.416. The molecule has 6 heteroatoms. The first-order valence-corrected chi connectivity index (χ1v) is 8.75. The maximum atomic E-state index is 13.1. The summed E-state index contributed by atoms with van der Waals surface area (Å²) >= 11 is 0. The second kappa shape index (κ2) is 5.64. The predicted octanol–water partition coefficient (Wildman–Crippen LogP) is 0.663. The van der Waals surface area contributed by atoms with Crippen molar-refractivity contribution < 1.29 is 9.53 Å². The summed E-state index contributed by atoms with van der Waals surface area (Å²) in [4.78, 5) is 29.8. The summed E-state index contributed by atoms with van der Waals surface area (Å²) in [6.45, 7) is 12.3. The fraction of sp³-hybridized carbons (Fsp3) is 0.350. The molecule has 2 aromatic rings. The van der Waals surface area contributed by atoms with Crippen LogP contribution in [0.4, 0.5) is 0 Å². The smallest absolute Gasteiger partial charge is 0.313 e. The summed E-state index contributed by atoms with van der Waals surface area (Å²) in [6, 6.07) is 1.67. The average molecular weight is 351 g/mol. The molecule has 4 heterocycles. The van der Waals surface area contributed by atoms with E-state index in [1.165, 1.54) is 0 Å². The number of hydrogen-bond donors (Lipinski definition) is 1. The van der Waals surface area contributed by atoms with Gasteiger partial charge in [-0.3, -0.25) is 9.59 Å². The second-order valence-corrected chi connectivity index (χ2v) is 6.99. The third kappa shape index (κ3) is 2.12. The average Bonchev–Trinajstić information content (AvgIpc) is 2.94. The number of cyclic esters (lactones) is 1. The minimum Gasteiger partial charge on any atom is -0.460 e. The highest BCUT2D eigenvalue weighted by Crippen LogP contribution is 2.36. The molecule has 0 amide bonds. The van der Waals surface area contributed by atoms with E-state index in [-0.39, 0.29) is 24.2 Å². The standard InChI is InChI=1S/C20H21N3O3/c1-5-12-13-6-16-18-14(17(10(3)21)9(2)11(4)22-18)7-23(16)19(24)15(13)8-26-20(12)25/h6,10,12H,2,4-5,7-8,21H2,1,3H3. The number of nitrogens with zero attached hydrogens (tertiary/aromatic N) is 2. The molecule has 0 radical (unpaired) electrons. The highest BCUT2D eigenvalue weighted by atomic mass is 16.5. The second-order valence-electron chi connectivity index (χ2n) is 6.99. The first-order valence-electron chi connectivity index (χ1n) is 8.75. The van der Waals surface area contributed by atoms with E-state index in [1.807, 2.05) is 19.9 Å². The van der Waals surface area contributed by atoms with Crippen molar-refractivity contribution in [2.75, 3.05) is 0 Å². The summed E-state index contributed by atoms with van der Waals surface area (Å²) in [7, 11) is 0. The van der Waals surface area contributed by atoms with Gasteiger partial charge < -0.3 is 15.0 Å². The zero-order chi connectivity index (χ0) is 18.7. The molecule has 2 aromatic heterocycles. The van der Waals surface area contributed by atoms with Crippen LogP contribution < -0.4 is 21.9 Å². The van der Waals surface area contributed by atoms with Crippen LogP contribution in [0.2, 0.25) is 0 Å². The van der Waals surface area contributed by atoms with Gasteiger partial charge in [0.15, 0.2) is 0 Å². The third-order valence-corrected chi connectivity index (χ3v) is 5.41. The normalized spacial score (nSPS) is 18.7. The lowest BCUT2D eigenvalue weighted by Gasteiger charge is -2.24. The Morgan fingerprint density at radius 2 is 2.12 bits per heavy atom. The molecule has 2 N–H and O–H groups in total. The lowest BCUT2D eigenvalue weighted by molar-refractivity contribution is -0.148. The van der Waals surface area contributed by atoms with E-state index in [0.29, 0.717) is 40.5 Å². The van der Waals surface area contributed by atoms with Gasteiger partial charge in [0, 0.05) is 11.6 Å². The van der Waals surface area contributed by atoms with Gasteiger partial charge in [0.25, 0.3) is 5.56 Å². The Morgan fingerprint density at radius 1 is 1.38 bits per heavy atom. The molecule has 0 aliphatic carbocycles. The SMILES string of the molecule is C=c1nc2c(c(C(C)N)c1=C)Cn1c-2cc2c(c1=O)COC(=O)C2CC. The highest BCUT2D eigenvalue weighted by Gasteiger charge is 2.34. The molecule has 2 atom stereocenters. The number of esters is 1. The summed E-state index contributed by atoms with van der Waals surface area (Å²) in [5, 5.41) is 1.27. The molecule has 4 rings (SSSR count). The first kappa shape index (κ1) is 16.7.